The first-order valence-corrected chi connectivity index (χ1v) is 8.61. The molecule has 0 aliphatic heterocycles. The number of hydrogen-bond donors (Lipinski definition) is 2. The molecule has 1 atom stereocenters. The fraction of sp³-hybridized carbons (Fsp3) is 0.200. The van der Waals surface area contributed by atoms with E-state index in [1.54, 1.807) is 12.4 Å². The smallest absolute Gasteiger partial charge is 0.132 e. The number of fused-ring (bicyclic) bond motifs is 1. The van der Waals surface area contributed by atoms with Crippen LogP contribution >= 0.6 is 0 Å². The number of imidazole rings is 2. The van der Waals surface area contributed by atoms with E-state index >= 15 is 0 Å². The molecule has 3 N–H and O–H groups in total. The lowest BCUT2D eigenvalue weighted by Crippen LogP contribution is -2.03. The predicted molar refractivity (Wildman–Crippen MR) is 101 cm³/mol. The van der Waals surface area contributed by atoms with E-state index in [1.165, 1.54) is 0 Å². The van der Waals surface area contributed by atoms with Crippen molar-refractivity contribution in [3.63, 3.8) is 0 Å². The minimum absolute atomic E-state index is 0.0429. The Morgan fingerprint density at radius 3 is 2.92 bits per heavy atom. The number of hydrogen-bond acceptors (Lipinski definition) is 4. The largest absolute Gasteiger partial charge is 0.366 e. The molecule has 0 saturated heterocycles. The molecule has 1 unspecified atom stereocenters. The van der Waals surface area contributed by atoms with Gasteiger partial charge >= 0.3 is 0 Å². The van der Waals surface area contributed by atoms with E-state index in [-0.39, 0.29) is 6.10 Å². The van der Waals surface area contributed by atoms with Crippen LogP contribution in [0, 0.1) is 0 Å². The summed E-state index contributed by atoms with van der Waals surface area (Å²) in [7, 11) is 0. The molecule has 0 aliphatic carbocycles. The summed E-state index contributed by atoms with van der Waals surface area (Å²) in [5.41, 5.74) is 11.0. The van der Waals surface area contributed by atoms with Crippen molar-refractivity contribution >= 4 is 11.0 Å². The average molecular weight is 347 g/mol. The van der Waals surface area contributed by atoms with Gasteiger partial charge in [0.2, 0.25) is 0 Å². The lowest BCUT2D eigenvalue weighted by molar-refractivity contribution is 0.0487. The first kappa shape index (κ1) is 16.5. The second kappa shape index (κ2) is 7.11. The highest BCUT2D eigenvalue weighted by Gasteiger charge is 2.10. The fourth-order valence-electron chi connectivity index (χ4n) is 3.00. The number of H-pyrrole nitrogens is 1. The minimum atomic E-state index is -0.0429. The van der Waals surface area contributed by atoms with Gasteiger partial charge in [-0.15, -0.1) is 0 Å². The van der Waals surface area contributed by atoms with Crippen LogP contribution in [-0.4, -0.2) is 19.5 Å². The number of ether oxygens (including phenoxy) is 1. The lowest BCUT2D eigenvalue weighted by atomic mass is 10.1. The summed E-state index contributed by atoms with van der Waals surface area (Å²) in [4.78, 5) is 11.7. The van der Waals surface area contributed by atoms with E-state index in [4.69, 9.17) is 10.5 Å². The molecule has 2 heterocycles. The number of rotatable bonds is 6. The van der Waals surface area contributed by atoms with Crippen LogP contribution in [0.5, 0.6) is 0 Å². The molecule has 4 rings (SSSR count). The molecular weight excluding hydrogens is 326 g/mol. The molecule has 26 heavy (non-hydrogen) atoms. The Balaban J connectivity index is 1.59. The molecule has 6 heteroatoms. The van der Waals surface area contributed by atoms with Gasteiger partial charge in [0.1, 0.15) is 18.8 Å². The van der Waals surface area contributed by atoms with Gasteiger partial charge in [0.05, 0.1) is 17.1 Å². The molecule has 2 aromatic carbocycles. The van der Waals surface area contributed by atoms with Crippen molar-refractivity contribution in [2.75, 3.05) is 0 Å². The van der Waals surface area contributed by atoms with Crippen molar-refractivity contribution in [1.82, 2.24) is 19.5 Å². The Morgan fingerprint density at radius 1 is 1.19 bits per heavy atom. The maximum atomic E-state index is 5.93. The molecule has 0 radical (unpaired) electrons. The highest BCUT2D eigenvalue weighted by Crippen LogP contribution is 2.24. The molecule has 0 spiro atoms. The summed E-state index contributed by atoms with van der Waals surface area (Å²) in [6.45, 7) is 3.01. The van der Waals surface area contributed by atoms with Gasteiger partial charge in [0.15, 0.2) is 0 Å². The van der Waals surface area contributed by atoms with Crippen molar-refractivity contribution < 1.29 is 4.74 Å². The zero-order valence-electron chi connectivity index (χ0n) is 14.6. The van der Waals surface area contributed by atoms with Crippen LogP contribution in [0.1, 0.15) is 30.0 Å². The number of benzene rings is 2. The second-order valence-electron chi connectivity index (χ2n) is 6.23. The number of aromatic nitrogens is 4. The highest BCUT2D eigenvalue weighted by molar-refractivity contribution is 5.78. The van der Waals surface area contributed by atoms with Crippen LogP contribution in [0.3, 0.4) is 0 Å². The number of aromatic amines is 1. The van der Waals surface area contributed by atoms with Crippen molar-refractivity contribution in [3.8, 4) is 5.69 Å². The maximum absolute atomic E-state index is 5.93. The normalized spacial score (nSPS) is 12.5. The van der Waals surface area contributed by atoms with Gasteiger partial charge in [-0.3, -0.25) is 4.57 Å². The van der Waals surface area contributed by atoms with Crippen LogP contribution < -0.4 is 5.73 Å². The summed E-state index contributed by atoms with van der Waals surface area (Å²) < 4.78 is 8.01. The molecule has 4 aromatic rings. The Labute approximate surface area is 151 Å². The zero-order chi connectivity index (χ0) is 17.9. The zero-order valence-corrected chi connectivity index (χ0v) is 14.6. The quantitative estimate of drug-likeness (QED) is 0.559. The summed E-state index contributed by atoms with van der Waals surface area (Å²) in [6, 6.07) is 14.4. The third kappa shape index (κ3) is 3.24. The molecule has 132 valence electrons. The van der Waals surface area contributed by atoms with Crippen LogP contribution in [0.4, 0.5) is 0 Å². The van der Waals surface area contributed by atoms with E-state index in [0.717, 1.165) is 33.7 Å². The van der Waals surface area contributed by atoms with Gasteiger partial charge in [-0.1, -0.05) is 18.2 Å². The minimum Gasteiger partial charge on any atom is -0.366 e. The molecule has 0 amide bonds. The Hall–Kier alpha value is -2.96. The van der Waals surface area contributed by atoms with E-state index in [9.17, 15) is 0 Å². The molecule has 2 aromatic heterocycles. The van der Waals surface area contributed by atoms with Gasteiger partial charge in [-0.25, -0.2) is 9.97 Å². The summed E-state index contributed by atoms with van der Waals surface area (Å²) in [5, 5.41) is 0. The topological polar surface area (TPSA) is 81.8 Å². The van der Waals surface area contributed by atoms with Crippen molar-refractivity contribution in [1.29, 1.82) is 0 Å². The van der Waals surface area contributed by atoms with Crippen molar-refractivity contribution in [3.05, 3.63) is 78.1 Å². The summed E-state index contributed by atoms with van der Waals surface area (Å²) >= 11 is 0. The van der Waals surface area contributed by atoms with Crippen molar-refractivity contribution in [2.24, 2.45) is 5.73 Å². The number of nitrogens with two attached hydrogens (primary N) is 1. The van der Waals surface area contributed by atoms with Crippen LogP contribution in [-0.2, 0) is 17.9 Å². The van der Waals surface area contributed by atoms with Crippen LogP contribution in [0.25, 0.3) is 16.7 Å². The first-order valence-electron chi connectivity index (χ1n) is 8.61. The van der Waals surface area contributed by atoms with Crippen LogP contribution in [0.2, 0.25) is 0 Å². The van der Waals surface area contributed by atoms with Gasteiger partial charge < -0.3 is 15.5 Å². The second-order valence-corrected chi connectivity index (χ2v) is 6.23. The standard InChI is InChI=1S/C20H21N5O/c1-14(26-12-20-22-7-8-23-20)16-3-2-4-17(10-16)25-13-24-18-9-15(11-21)5-6-19(18)25/h2-10,13-14H,11-12,21H2,1H3,(H,22,23). The van der Waals surface area contributed by atoms with Gasteiger partial charge in [-0.05, 0) is 42.3 Å². The van der Waals surface area contributed by atoms with E-state index in [2.05, 4.69) is 43.8 Å². The Bertz CT molecular complexity index is 1010. The molecular formula is C20H21N5O. The lowest BCUT2D eigenvalue weighted by Gasteiger charge is -2.14. The van der Waals surface area contributed by atoms with Gasteiger partial charge in [0, 0.05) is 24.6 Å². The first-order chi connectivity index (χ1) is 12.7. The predicted octanol–water partition coefficient (Wildman–Crippen LogP) is 3.49. The Kier molecular flexibility index (Phi) is 4.51. The molecule has 0 bridgehead atoms. The molecule has 0 aliphatic rings. The van der Waals surface area contributed by atoms with Gasteiger partial charge in [0.25, 0.3) is 0 Å². The van der Waals surface area contributed by atoms with E-state index in [1.807, 2.05) is 31.5 Å². The fourth-order valence-corrected chi connectivity index (χ4v) is 3.00. The van der Waals surface area contributed by atoms with E-state index in [0.29, 0.717) is 13.2 Å². The third-order valence-electron chi connectivity index (χ3n) is 4.49. The third-order valence-corrected chi connectivity index (χ3v) is 4.49. The molecule has 0 saturated carbocycles. The maximum Gasteiger partial charge on any atom is 0.132 e. The SMILES string of the molecule is CC(OCc1ncc[nH]1)c1cccc(-n2cnc3cc(CN)ccc32)c1. The van der Waals surface area contributed by atoms with Gasteiger partial charge in [-0.2, -0.15) is 0 Å². The highest BCUT2D eigenvalue weighted by atomic mass is 16.5. The van der Waals surface area contributed by atoms with E-state index < -0.39 is 0 Å². The summed E-state index contributed by atoms with van der Waals surface area (Å²) in [5.74, 6) is 0.823. The number of nitrogens with one attached hydrogen (secondary N) is 1. The average Bonchev–Trinajstić information content (AvgIpc) is 3.35. The van der Waals surface area contributed by atoms with Crippen molar-refractivity contribution in [2.45, 2.75) is 26.2 Å². The molecule has 6 nitrogen and oxygen atoms in total. The Morgan fingerprint density at radius 2 is 2.12 bits per heavy atom. The van der Waals surface area contributed by atoms with Crippen LogP contribution in [0.15, 0.2) is 61.2 Å². The monoisotopic (exact) mass is 347 g/mol. The molecule has 0 fully saturated rings. The number of nitrogens with zero attached hydrogens (tertiary/aromatic N) is 3. The summed E-state index contributed by atoms with van der Waals surface area (Å²) in [6.07, 6.45) is 5.33.